The van der Waals surface area contributed by atoms with Crippen molar-refractivity contribution in [2.24, 2.45) is 5.73 Å². The van der Waals surface area contributed by atoms with E-state index >= 15 is 0 Å². The molecule has 0 amide bonds. The fourth-order valence-electron chi connectivity index (χ4n) is 2.72. The Bertz CT molecular complexity index is 574. The molecule has 0 aromatic heterocycles. The molecule has 0 fully saturated rings. The van der Waals surface area contributed by atoms with Crippen molar-refractivity contribution in [2.45, 2.75) is 71.0 Å². The molecule has 1 aromatic carbocycles. The van der Waals surface area contributed by atoms with Gasteiger partial charge in [-0.1, -0.05) is 64.2 Å². The fraction of sp³-hybridized carbons (Fsp3) is 0.650. The summed E-state index contributed by atoms with van der Waals surface area (Å²) >= 11 is 4.31. The molecule has 1 aliphatic heterocycles. The first kappa shape index (κ1) is 22.9. The van der Waals surface area contributed by atoms with Crippen LogP contribution < -0.4 is 15.2 Å². The first-order valence-corrected chi connectivity index (χ1v) is 11.2. The van der Waals surface area contributed by atoms with Gasteiger partial charge in [0.2, 0.25) is 6.79 Å². The predicted octanol–water partition coefficient (Wildman–Crippen LogP) is 4.75. The Morgan fingerprint density at radius 3 is 2.50 bits per heavy atom. The molecule has 0 saturated heterocycles. The third-order valence-electron chi connectivity index (χ3n) is 4.11. The average molecular weight is 400 g/mol. The third-order valence-corrected chi connectivity index (χ3v) is 5.86. The van der Waals surface area contributed by atoms with E-state index in [1.54, 1.807) is 6.92 Å². The van der Waals surface area contributed by atoms with Crippen molar-refractivity contribution in [2.75, 3.05) is 12.5 Å². The minimum atomic E-state index is -0.743. The number of nitrogens with two attached hydrogens (primary N) is 1. The topological polar surface area (TPSA) is 61.6 Å². The Balaban J connectivity index is 0.000000765. The fourth-order valence-corrected chi connectivity index (χ4v) is 3.99. The maximum atomic E-state index is 12.3. The predicted molar refractivity (Wildman–Crippen MR) is 115 cm³/mol. The standard InChI is InChI=1S/C18H28O3S.C2H5NS/c1-3-4-5-6-7-8-11-22(19)15(2)12-16-9-10-17-18(13-16)21-14-20-17;1-2(3)4/h9-10,13,15H,3-8,11-12,14H2,1-2H3;1H3,(H2,3,4). The Hall–Kier alpha value is -1.14. The van der Waals surface area contributed by atoms with Gasteiger partial charge in [0.1, 0.15) is 0 Å². The van der Waals surface area contributed by atoms with Gasteiger partial charge in [0.05, 0.1) is 4.99 Å². The molecule has 148 valence electrons. The number of ether oxygens (including phenoxy) is 2. The van der Waals surface area contributed by atoms with Gasteiger partial charge in [0, 0.05) is 21.8 Å². The zero-order valence-electron chi connectivity index (χ0n) is 16.3. The molecule has 1 aromatic rings. The quantitative estimate of drug-likeness (QED) is 0.454. The summed E-state index contributed by atoms with van der Waals surface area (Å²) in [6.07, 6.45) is 8.32. The first-order chi connectivity index (χ1) is 12.4. The molecular formula is C20H33NO3S2. The molecule has 2 atom stereocenters. The van der Waals surface area contributed by atoms with Crippen molar-refractivity contribution in [3.63, 3.8) is 0 Å². The Morgan fingerprint density at radius 2 is 1.81 bits per heavy atom. The summed E-state index contributed by atoms with van der Waals surface area (Å²) < 4.78 is 23.0. The third kappa shape index (κ3) is 9.53. The van der Waals surface area contributed by atoms with Gasteiger partial charge in [0.25, 0.3) is 0 Å². The lowest BCUT2D eigenvalue weighted by molar-refractivity contribution is 0.174. The van der Waals surface area contributed by atoms with Crippen LogP contribution in [-0.4, -0.2) is 27.0 Å². The molecule has 1 heterocycles. The van der Waals surface area contributed by atoms with E-state index in [9.17, 15) is 4.21 Å². The second kappa shape index (κ2) is 13.1. The summed E-state index contributed by atoms with van der Waals surface area (Å²) in [4.78, 5) is 0.500. The number of hydrogen-bond donors (Lipinski definition) is 1. The number of unbranched alkanes of at least 4 members (excludes halogenated alkanes) is 5. The molecule has 26 heavy (non-hydrogen) atoms. The molecule has 1 aliphatic rings. The van der Waals surface area contributed by atoms with Crippen LogP contribution in [-0.2, 0) is 17.2 Å². The lowest BCUT2D eigenvalue weighted by Crippen LogP contribution is -2.16. The van der Waals surface area contributed by atoms with Gasteiger partial charge in [0.15, 0.2) is 11.5 Å². The van der Waals surface area contributed by atoms with Gasteiger partial charge in [-0.2, -0.15) is 0 Å². The van der Waals surface area contributed by atoms with Gasteiger partial charge >= 0.3 is 0 Å². The summed E-state index contributed by atoms with van der Waals surface area (Å²) in [6, 6.07) is 6.01. The lowest BCUT2D eigenvalue weighted by atomic mass is 10.1. The molecule has 0 spiro atoms. The van der Waals surface area contributed by atoms with Gasteiger partial charge in [-0.25, -0.2) is 0 Å². The van der Waals surface area contributed by atoms with Crippen molar-refractivity contribution in [3.05, 3.63) is 23.8 Å². The Kier molecular flexibility index (Phi) is 11.5. The number of benzene rings is 1. The van der Waals surface area contributed by atoms with Crippen molar-refractivity contribution >= 4 is 28.0 Å². The smallest absolute Gasteiger partial charge is 0.231 e. The second-order valence-corrected chi connectivity index (χ2v) is 9.28. The molecule has 2 N–H and O–H groups in total. The zero-order valence-corrected chi connectivity index (χ0v) is 17.9. The molecule has 6 heteroatoms. The van der Waals surface area contributed by atoms with E-state index in [0.29, 0.717) is 11.8 Å². The van der Waals surface area contributed by atoms with Crippen LogP contribution >= 0.6 is 12.2 Å². The largest absolute Gasteiger partial charge is 0.454 e. The van der Waals surface area contributed by atoms with E-state index in [2.05, 4.69) is 26.1 Å². The Morgan fingerprint density at radius 1 is 1.19 bits per heavy atom. The summed E-state index contributed by atoms with van der Waals surface area (Å²) in [6.45, 7) is 6.29. The van der Waals surface area contributed by atoms with Crippen LogP contribution in [0.15, 0.2) is 18.2 Å². The molecule has 0 aliphatic carbocycles. The van der Waals surface area contributed by atoms with Gasteiger partial charge in [-0.15, -0.1) is 0 Å². The van der Waals surface area contributed by atoms with Crippen LogP contribution in [0.5, 0.6) is 11.5 Å². The van der Waals surface area contributed by atoms with Crippen molar-refractivity contribution in [1.82, 2.24) is 0 Å². The summed E-state index contributed by atoms with van der Waals surface area (Å²) in [5, 5.41) is 0.191. The maximum absolute atomic E-state index is 12.3. The van der Waals surface area contributed by atoms with Crippen LogP contribution in [0.25, 0.3) is 0 Å². The maximum Gasteiger partial charge on any atom is 0.231 e. The van der Waals surface area contributed by atoms with Crippen LogP contribution in [0.4, 0.5) is 0 Å². The average Bonchev–Trinajstić information content (AvgIpc) is 3.05. The molecular weight excluding hydrogens is 366 g/mol. The van der Waals surface area contributed by atoms with E-state index in [1.807, 2.05) is 18.2 Å². The Labute approximate surface area is 166 Å². The summed E-state index contributed by atoms with van der Waals surface area (Å²) in [5.41, 5.74) is 6.02. The zero-order chi connectivity index (χ0) is 19.4. The van der Waals surface area contributed by atoms with E-state index < -0.39 is 10.8 Å². The lowest BCUT2D eigenvalue weighted by Gasteiger charge is -2.12. The van der Waals surface area contributed by atoms with Crippen molar-refractivity contribution < 1.29 is 13.7 Å². The summed E-state index contributed by atoms with van der Waals surface area (Å²) in [5.74, 6) is 2.45. The van der Waals surface area contributed by atoms with Crippen LogP contribution in [0.2, 0.25) is 0 Å². The van der Waals surface area contributed by atoms with Gasteiger partial charge in [-0.05, 0) is 37.5 Å². The van der Waals surface area contributed by atoms with E-state index in [4.69, 9.17) is 15.2 Å². The molecule has 0 bridgehead atoms. The van der Waals surface area contributed by atoms with Crippen LogP contribution in [0, 0.1) is 0 Å². The molecule has 2 rings (SSSR count). The number of fused-ring (bicyclic) bond motifs is 1. The second-order valence-electron chi connectivity index (χ2n) is 6.67. The molecule has 0 saturated carbocycles. The highest BCUT2D eigenvalue weighted by Crippen LogP contribution is 2.33. The van der Waals surface area contributed by atoms with Gasteiger partial charge in [-0.3, -0.25) is 4.21 Å². The minimum Gasteiger partial charge on any atom is -0.454 e. The first-order valence-electron chi connectivity index (χ1n) is 9.45. The van der Waals surface area contributed by atoms with Crippen molar-refractivity contribution in [1.29, 1.82) is 0 Å². The van der Waals surface area contributed by atoms with Crippen molar-refractivity contribution in [3.8, 4) is 11.5 Å². The van der Waals surface area contributed by atoms with Crippen LogP contribution in [0.3, 0.4) is 0 Å². The van der Waals surface area contributed by atoms with E-state index in [1.165, 1.54) is 37.7 Å². The molecule has 0 radical (unpaired) electrons. The molecule has 4 nitrogen and oxygen atoms in total. The molecule has 2 unspecified atom stereocenters. The van der Waals surface area contributed by atoms with Gasteiger partial charge < -0.3 is 15.2 Å². The monoisotopic (exact) mass is 399 g/mol. The minimum absolute atomic E-state index is 0.191. The van der Waals surface area contributed by atoms with Crippen LogP contribution in [0.1, 0.15) is 64.9 Å². The number of hydrogen-bond acceptors (Lipinski definition) is 4. The van der Waals surface area contributed by atoms with E-state index in [-0.39, 0.29) is 5.25 Å². The normalized spacial score (nSPS) is 14.3. The summed E-state index contributed by atoms with van der Waals surface area (Å²) in [7, 11) is -0.743. The number of thiocarbonyl (C=S) groups is 1. The number of rotatable bonds is 10. The highest BCUT2D eigenvalue weighted by Gasteiger charge is 2.16. The van der Waals surface area contributed by atoms with E-state index in [0.717, 1.165) is 30.1 Å². The highest BCUT2D eigenvalue weighted by atomic mass is 32.2. The SMILES string of the molecule is CC(N)=S.CCCCCCCCS(=O)C(C)Cc1ccc2c(c1)OCO2. The highest BCUT2D eigenvalue weighted by molar-refractivity contribution is 7.85.